The first-order valence-corrected chi connectivity index (χ1v) is 7.25. The molecule has 0 fully saturated rings. The summed E-state index contributed by atoms with van der Waals surface area (Å²) >= 11 is 12.8. The van der Waals surface area contributed by atoms with E-state index >= 15 is 0 Å². The third kappa shape index (κ3) is 3.44. The second-order valence-electron chi connectivity index (χ2n) is 3.85. The highest BCUT2D eigenvalue weighted by molar-refractivity contribution is 9.11. The van der Waals surface area contributed by atoms with Gasteiger partial charge in [-0.25, -0.2) is 0 Å². The predicted octanol–water partition coefficient (Wildman–Crippen LogP) is 5.29. The minimum Gasteiger partial charge on any atom is -0.294 e. The van der Waals surface area contributed by atoms with Crippen molar-refractivity contribution in [2.24, 2.45) is 0 Å². The Bertz CT molecular complexity index is 576. The van der Waals surface area contributed by atoms with E-state index in [1.165, 1.54) is 0 Å². The van der Waals surface area contributed by atoms with Crippen molar-refractivity contribution in [2.45, 2.75) is 6.42 Å². The van der Waals surface area contributed by atoms with Gasteiger partial charge in [-0.2, -0.15) is 0 Å². The zero-order valence-electron chi connectivity index (χ0n) is 9.29. The van der Waals surface area contributed by atoms with Crippen LogP contribution in [0.2, 0.25) is 5.02 Å². The van der Waals surface area contributed by atoms with Gasteiger partial charge in [-0.1, -0.05) is 61.7 Å². The van der Waals surface area contributed by atoms with Crippen LogP contribution in [-0.2, 0) is 6.42 Å². The standard InChI is InChI=1S/C14H9Br2ClO/c15-11-5-10(6-12(16)8-11)14(18)7-9-3-1-2-4-13(9)17/h1-6,8H,7H2. The van der Waals surface area contributed by atoms with Gasteiger partial charge < -0.3 is 0 Å². The highest BCUT2D eigenvalue weighted by atomic mass is 79.9. The average molecular weight is 388 g/mol. The first-order valence-electron chi connectivity index (χ1n) is 5.29. The quantitative estimate of drug-likeness (QED) is 0.653. The minimum absolute atomic E-state index is 0.0464. The Morgan fingerprint density at radius 1 is 1.06 bits per heavy atom. The number of hydrogen-bond donors (Lipinski definition) is 0. The van der Waals surface area contributed by atoms with Gasteiger partial charge in [0.1, 0.15) is 0 Å². The van der Waals surface area contributed by atoms with Gasteiger partial charge in [-0.15, -0.1) is 0 Å². The number of hydrogen-bond acceptors (Lipinski definition) is 1. The topological polar surface area (TPSA) is 17.1 Å². The molecule has 2 aromatic carbocycles. The SMILES string of the molecule is O=C(Cc1ccccc1Cl)c1cc(Br)cc(Br)c1. The van der Waals surface area contributed by atoms with Crippen molar-refractivity contribution < 1.29 is 4.79 Å². The van der Waals surface area contributed by atoms with Gasteiger partial charge in [0.15, 0.2) is 5.78 Å². The summed E-state index contributed by atoms with van der Waals surface area (Å²) in [4.78, 5) is 12.2. The van der Waals surface area contributed by atoms with E-state index in [0.29, 0.717) is 17.0 Å². The number of benzene rings is 2. The highest BCUT2D eigenvalue weighted by Crippen LogP contribution is 2.22. The van der Waals surface area contributed by atoms with Crippen molar-refractivity contribution in [3.05, 3.63) is 67.6 Å². The van der Waals surface area contributed by atoms with Gasteiger partial charge in [-0.05, 0) is 29.8 Å². The van der Waals surface area contributed by atoms with E-state index in [0.717, 1.165) is 14.5 Å². The Labute approximate surface area is 127 Å². The van der Waals surface area contributed by atoms with Crippen molar-refractivity contribution in [3.8, 4) is 0 Å². The van der Waals surface area contributed by atoms with Crippen LogP contribution in [0.3, 0.4) is 0 Å². The van der Waals surface area contributed by atoms with Crippen LogP contribution in [0.5, 0.6) is 0 Å². The lowest BCUT2D eigenvalue weighted by Crippen LogP contribution is -2.04. The monoisotopic (exact) mass is 386 g/mol. The fourth-order valence-corrected chi connectivity index (χ4v) is 3.13. The van der Waals surface area contributed by atoms with Gasteiger partial charge in [0.2, 0.25) is 0 Å². The van der Waals surface area contributed by atoms with Crippen LogP contribution in [0.25, 0.3) is 0 Å². The lowest BCUT2D eigenvalue weighted by molar-refractivity contribution is 0.0993. The molecule has 0 saturated carbocycles. The van der Waals surface area contributed by atoms with E-state index in [-0.39, 0.29) is 5.78 Å². The maximum atomic E-state index is 12.2. The molecule has 0 aliphatic carbocycles. The van der Waals surface area contributed by atoms with E-state index < -0.39 is 0 Å². The number of rotatable bonds is 3. The van der Waals surface area contributed by atoms with Crippen LogP contribution in [0, 0.1) is 0 Å². The second kappa shape index (κ2) is 6.00. The zero-order valence-corrected chi connectivity index (χ0v) is 13.2. The Morgan fingerprint density at radius 2 is 1.67 bits per heavy atom. The lowest BCUT2D eigenvalue weighted by Gasteiger charge is -2.05. The summed E-state index contributed by atoms with van der Waals surface area (Å²) in [7, 11) is 0. The molecule has 0 aliphatic heterocycles. The summed E-state index contributed by atoms with van der Waals surface area (Å²) < 4.78 is 1.75. The van der Waals surface area contributed by atoms with Crippen LogP contribution in [0.1, 0.15) is 15.9 Å². The Kier molecular flexibility index (Phi) is 4.60. The highest BCUT2D eigenvalue weighted by Gasteiger charge is 2.10. The van der Waals surface area contributed by atoms with Crippen LogP contribution in [0.15, 0.2) is 51.4 Å². The first-order chi connectivity index (χ1) is 8.56. The summed E-state index contributed by atoms with van der Waals surface area (Å²) in [6.45, 7) is 0. The molecule has 0 spiro atoms. The molecule has 2 rings (SSSR count). The van der Waals surface area contributed by atoms with E-state index in [2.05, 4.69) is 31.9 Å². The largest absolute Gasteiger partial charge is 0.294 e. The predicted molar refractivity (Wildman–Crippen MR) is 81.3 cm³/mol. The van der Waals surface area contributed by atoms with Crippen molar-refractivity contribution in [2.75, 3.05) is 0 Å². The third-order valence-electron chi connectivity index (χ3n) is 2.49. The van der Waals surface area contributed by atoms with E-state index in [9.17, 15) is 4.79 Å². The molecule has 2 aromatic rings. The van der Waals surface area contributed by atoms with Crippen molar-refractivity contribution in [3.63, 3.8) is 0 Å². The van der Waals surface area contributed by atoms with Crippen LogP contribution >= 0.6 is 43.5 Å². The Hall–Kier alpha value is -0.640. The summed E-state index contributed by atoms with van der Waals surface area (Å²) in [5.41, 5.74) is 1.51. The van der Waals surface area contributed by atoms with Crippen LogP contribution in [-0.4, -0.2) is 5.78 Å². The molecule has 0 saturated heterocycles. The summed E-state index contributed by atoms with van der Waals surface area (Å²) in [5, 5.41) is 0.625. The number of carbonyl (C=O) groups is 1. The number of carbonyl (C=O) groups excluding carboxylic acids is 1. The Morgan fingerprint density at radius 3 is 2.28 bits per heavy atom. The molecule has 0 bridgehead atoms. The lowest BCUT2D eigenvalue weighted by atomic mass is 10.0. The normalized spacial score (nSPS) is 10.4. The van der Waals surface area contributed by atoms with Crippen LogP contribution in [0.4, 0.5) is 0 Å². The van der Waals surface area contributed by atoms with Crippen molar-refractivity contribution >= 4 is 49.2 Å². The molecule has 92 valence electrons. The molecule has 1 nitrogen and oxygen atoms in total. The van der Waals surface area contributed by atoms with E-state index in [1.54, 1.807) is 6.07 Å². The van der Waals surface area contributed by atoms with Gasteiger partial charge >= 0.3 is 0 Å². The second-order valence-corrected chi connectivity index (χ2v) is 6.09. The summed E-state index contributed by atoms with van der Waals surface area (Å²) in [6.07, 6.45) is 0.308. The average Bonchev–Trinajstić information content (AvgIpc) is 2.31. The smallest absolute Gasteiger partial charge is 0.167 e. The molecule has 0 radical (unpaired) electrons. The van der Waals surface area contributed by atoms with E-state index in [1.807, 2.05) is 36.4 Å². The van der Waals surface area contributed by atoms with E-state index in [4.69, 9.17) is 11.6 Å². The van der Waals surface area contributed by atoms with Gasteiger partial charge in [0.05, 0.1) is 0 Å². The number of halogens is 3. The van der Waals surface area contributed by atoms with Crippen LogP contribution < -0.4 is 0 Å². The summed E-state index contributed by atoms with van der Waals surface area (Å²) in [5.74, 6) is 0.0464. The maximum Gasteiger partial charge on any atom is 0.167 e. The molecule has 18 heavy (non-hydrogen) atoms. The van der Waals surface area contributed by atoms with Gasteiger partial charge in [-0.3, -0.25) is 4.79 Å². The molecular weight excluding hydrogens is 379 g/mol. The maximum absolute atomic E-state index is 12.2. The third-order valence-corrected chi connectivity index (χ3v) is 3.78. The number of Topliss-reactive ketones (excluding diaryl/α,β-unsaturated/α-hetero) is 1. The van der Waals surface area contributed by atoms with Gasteiger partial charge in [0.25, 0.3) is 0 Å². The number of ketones is 1. The molecule has 0 aliphatic rings. The van der Waals surface area contributed by atoms with Crippen molar-refractivity contribution in [1.82, 2.24) is 0 Å². The first kappa shape index (κ1) is 13.8. The zero-order chi connectivity index (χ0) is 13.1. The molecular formula is C14H9Br2ClO. The molecule has 4 heteroatoms. The molecule has 0 aromatic heterocycles. The van der Waals surface area contributed by atoms with Crippen molar-refractivity contribution in [1.29, 1.82) is 0 Å². The minimum atomic E-state index is 0.0464. The van der Waals surface area contributed by atoms with Gasteiger partial charge in [0, 0.05) is 26.0 Å². The molecule has 0 amide bonds. The Balaban J connectivity index is 2.25. The fourth-order valence-electron chi connectivity index (χ4n) is 1.63. The molecule has 0 atom stereocenters. The fraction of sp³-hybridized carbons (Fsp3) is 0.0714. The molecule has 0 heterocycles. The summed E-state index contributed by atoms with van der Waals surface area (Å²) in [6, 6.07) is 12.9. The molecule has 0 N–H and O–H groups in total. The molecule has 0 unspecified atom stereocenters.